The van der Waals surface area contributed by atoms with E-state index in [9.17, 15) is 9.59 Å². The molecule has 0 saturated carbocycles. The number of esters is 1. The lowest BCUT2D eigenvalue weighted by Gasteiger charge is -2.12. The van der Waals surface area contributed by atoms with Crippen LogP contribution in [-0.4, -0.2) is 46.9 Å². The van der Waals surface area contributed by atoms with Crippen molar-refractivity contribution in [3.63, 3.8) is 0 Å². The zero-order valence-corrected chi connectivity index (χ0v) is 15.5. The summed E-state index contributed by atoms with van der Waals surface area (Å²) in [6.07, 6.45) is 0. The number of rotatable bonds is 8. The van der Waals surface area contributed by atoms with Crippen LogP contribution in [-0.2, 0) is 9.53 Å². The topological polar surface area (TPSA) is 92.3 Å². The van der Waals surface area contributed by atoms with Crippen molar-refractivity contribution in [3.05, 3.63) is 42.0 Å². The number of benzene rings is 2. The number of amides is 1. The zero-order valence-electron chi connectivity index (χ0n) is 15.5. The summed E-state index contributed by atoms with van der Waals surface area (Å²) in [5, 5.41) is 2.62. The molecule has 0 aromatic heterocycles. The van der Waals surface area contributed by atoms with Gasteiger partial charge < -0.3 is 29.0 Å². The van der Waals surface area contributed by atoms with Gasteiger partial charge >= 0.3 is 5.97 Å². The van der Waals surface area contributed by atoms with Crippen molar-refractivity contribution in [3.8, 4) is 23.0 Å². The van der Waals surface area contributed by atoms with Crippen molar-refractivity contribution in [2.24, 2.45) is 0 Å². The molecule has 0 aliphatic heterocycles. The minimum atomic E-state index is -0.706. The molecule has 8 nitrogen and oxygen atoms in total. The molecule has 2 aromatic rings. The van der Waals surface area contributed by atoms with E-state index in [0.29, 0.717) is 28.7 Å². The Morgan fingerprint density at radius 3 is 2.07 bits per heavy atom. The summed E-state index contributed by atoms with van der Waals surface area (Å²) in [5.41, 5.74) is 0.588. The highest BCUT2D eigenvalue weighted by molar-refractivity contribution is 5.97. The van der Waals surface area contributed by atoms with Gasteiger partial charge in [-0.25, -0.2) is 4.79 Å². The average molecular weight is 375 g/mol. The molecule has 8 heteroatoms. The first-order valence-electron chi connectivity index (χ1n) is 7.93. The molecule has 2 rings (SSSR count). The van der Waals surface area contributed by atoms with Crippen molar-refractivity contribution < 1.29 is 33.3 Å². The van der Waals surface area contributed by atoms with Crippen LogP contribution in [0, 0.1) is 0 Å². The highest BCUT2D eigenvalue weighted by atomic mass is 16.5. The van der Waals surface area contributed by atoms with E-state index in [1.54, 1.807) is 30.3 Å². The van der Waals surface area contributed by atoms with Gasteiger partial charge in [0.15, 0.2) is 6.61 Å². The summed E-state index contributed by atoms with van der Waals surface area (Å²) in [7, 11) is 5.91. The molecule has 0 fully saturated rings. The van der Waals surface area contributed by atoms with Crippen molar-refractivity contribution in [1.82, 2.24) is 0 Å². The molecule has 0 unspecified atom stereocenters. The number of carbonyl (C=O) groups excluding carboxylic acids is 2. The first-order valence-corrected chi connectivity index (χ1v) is 7.93. The molecular weight excluding hydrogens is 354 g/mol. The number of ether oxygens (including phenoxy) is 5. The van der Waals surface area contributed by atoms with E-state index in [-0.39, 0.29) is 5.56 Å². The molecule has 0 aliphatic rings. The molecule has 0 heterocycles. The van der Waals surface area contributed by atoms with Gasteiger partial charge in [-0.1, -0.05) is 0 Å². The first kappa shape index (κ1) is 19.9. The van der Waals surface area contributed by atoms with Crippen LogP contribution in [0.4, 0.5) is 5.69 Å². The van der Waals surface area contributed by atoms with Gasteiger partial charge in [0.1, 0.15) is 28.6 Å². The summed E-state index contributed by atoms with van der Waals surface area (Å²) in [6.45, 7) is -0.478. The van der Waals surface area contributed by atoms with Gasteiger partial charge in [0, 0.05) is 6.07 Å². The monoisotopic (exact) mass is 375 g/mol. The lowest BCUT2D eigenvalue weighted by molar-refractivity contribution is -0.119. The average Bonchev–Trinajstić information content (AvgIpc) is 2.71. The normalized spacial score (nSPS) is 9.93. The molecule has 2 aromatic carbocycles. The van der Waals surface area contributed by atoms with E-state index >= 15 is 0 Å². The fourth-order valence-electron chi connectivity index (χ4n) is 2.27. The maximum Gasteiger partial charge on any atom is 0.342 e. The van der Waals surface area contributed by atoms with Crippen LogP contribution < -0.4 is 24.3 Å². The van der Waals surface area contributed by atoms with E-state index < -0.39 is 18.5 Å². The Labute approximate surface area is 156 Å². The molecule has 1 amide bonds. The van der Waals surface area contributed by atoms with Gasteiger partial charge in [-0.05, 0) is 30.3 Å². The quantitative estimate of drug-likeness (QED) is 0.709. The molecule has 0 aliphatic carbocycles. The second-order valence-electron chi connectivity index (χ2n) is 5.26. The minimum Gasteiger partial charge on any atom is -0.497 e. The number of hydrogen-bond acceptors (Lipinski definition) is 7. The third kappa shape index (κ3) is 5.04. The summed E-state index contributed by atoms with van der Waals surface area (Å²) in [6, 6.07) is 9.64. The summed E-state index contributed by atoms with van der Waals surface area (Å²) in [5.74, 6) is 0.564. The minimum absolute atomic E-state index is 0.159. The Morgan fingerprint density at radius 1 is 0.815 bits per heavy atom. The molecule has 0 radical (unpaired) electrons. The number of carbonyl (C=O) groups is 2. The largest absolute Gasteiger partial charge is 0.497 e. The second-order valence-corrected chi connectivity index (χ2v) is 5.26. The Balaban J connectivity index is 2.03. The molecule has 144 valence electrons. The third-order valence-electron chi connectivity index (χ3n) is 3.64. The van der Waals surface area contributed by atoms with Crippen LogP contribution in [0.25, 0.3) is 0 Å². The first-order chi connectivity index (χ1) is 13.0. The van der Waals surface area contributed by atoms with Crippen LogP contribution in [0.5, 0.6) is 23.0 Å². The summed E-state index contributed by atoms with van der Waals surface area (Å²) in [4.78, 5) is 24.4. The predicted octanol–water partition coefficient (Wildman–Crippen LogP) is 2.52. The van der Waals surface area contributed by atoms with Crippen LogP contribution in [0.3, 0.4) is 0 Å². The van der Waals surface area contributed by atoms with Crippen LogP contribution in [0.2, 0.25) is 0 Å². The molecule has 1 N–H and O–H groups in total. The van der Waals surface area contributed by atoms with E-state index in [0.717, 1.165) is 0 Å². The number of nitrogens with one attached hydrogen (secondary N) is 1. The van der Waals surface area contributed by atoms with E-state index in [2.05, 4.69) is 5.32 Å². The zero-order chi connectivity index (χ0) is 19.8. The fraction of sp³-hybridized carbons (Fsp3) is 0.263. The van der Waals surface area contributed by atoms with Crippen molar-refractivity contribution in [2.45, 2.75) is 0 Å². The Morgan fingerprint density at radius 2 is 1.44 bits per heavy atom. The Hall–Kier alpha value is -3.42. The standard InChI is InChI=1S/C19H21NO7/c1-23-12-6-8-16(25-3)14(9-12)19(22)27-11-18(21)20-15-7-5-13(24-2)10-17(15)26-4/h5-10H,11H2,1-4H3,(H,20,21). The van der Waals surface area contributed by atoms with Crippen LogP contribution in [0.15, 0.2) is 36.4 Å². The fourth-order valence-corrected chi connectivity index (χ4v) is 2.27. The molecule has 27 heavy (non-hydrogen) atoms. The Kier molecular flexibility index (Phi) is 6.87. The second kappa shape index (κ2) is 9.33. The molecule has 0 bridgehead atoms. The summed E-state index contributed by atoms with van der Waals surface area (Å²) >= 11 is 0. The van der Waals surface area contributed by atoms with E-state index in [4.69, 9.17) is 23.7 Å². The van der Waals surface area contributed by atoms with Gasteiger partial charge in [0.25, 0.3) is 5.91 Å². The van der Waals surface area contributed by atoms with Gasteiger partial charge in [0.2, 0.25) is 0 Å². The number of methoxy groups -OCH3 is 4. The van der Waals surface area contributed by atoms with Crippen molar-refractivity contribution in [2.75, 3.05) is 40.4 Å². The highest BCUT2D eigenvalue weighted by Crippen LogP contribution is 2.29. The maximum atomic E-state index is 12.3. The van der Waals surface area contributed by atoms with Crippen LogP contribution in [0.1, 0.15) is 10.4 Å². The predicted molar refractivity (Wildman–Crippen MR) is 98.0 cm³/mol. The molecule has 0 saturated heterocycles. The third-order valence-corrected chi connectivity index (χ3v) is 3.64. The van der Waals surface area contributed by atoms with Gasteiger partial charge in [-0.2, -0.15) is 0 Å². The van der Waals surface area contributed by atoms with Crippen LogP contribution >= 0.6 is 0 Å². The highest BCUT2D eigenvalue weighted by Gasteiger charge is 2.17. The number of hydrogen-bond donors (Lipinski definition) is 1. The van der Waals surface area contributed by atoms with Gasteiger partial charge in [0.05, 0.1) is 34.1 Å². The lowest BCUT2D eigenvalue weighted by atomic mass is 10.2. The van der Waals surface area contributed by atoms with Crippen molar-refractivity contribution >= 4 is 17.6 Å². The number of anilines is 1. The van der Waals surface area contributed by atoms with Crippen molar-refractivity contribution in [1.29, 1.82) is 0 Å². The molecule has 0 spiro atoms. The van der Waals surface area contributed by atoms with Gasteiger partial charge in [-0.3, -0.25) is 4.79 Å². The molecular formula is C19H21NO7. The van der Waals surface area contributed by atoms with E-state index in [1.165, 1.54) is 34.5 Å². The lowest BCUT2D eigenvalue weighted by Crippen LogP contribution is -2.21. The molecule has 0 atom stereocenters. The maximum absolute atomic E-state index is 12.3. The summed E-state index contributed by atoms with van der Waals surface area (Å²) < 4.78 is 25.6. The Bertz CT molecular complexity index is 820. The van der Waals surface area contributed by atoms with Gasteiger partial charge in [-0.15, -0.1) is 0 Å². The van der Waals surface area contributed by atoms with E-state index in [1.807, 2.05) is 0 Å². The smallest absolute Gasteiger partial charge is 0.342 e. The SMILES string of the molecule is COc1ccc(NC(=O)COC(=O)c2cc(OC)ccc2OC)c(OC)c1.